The Morgan fingerprint density at radius 3 is 2.74 bits per heavy atom. The second-order valence-electron chi connectivity index (χ2n) is 6.62. The molecule has 0 aliphatic rings. The molecular weight excluding hydrogens is 361 g/mol. The normalized spacial score (nSPS) is 13.1. The molecule has 0 bridgehead atoms. The van der Waals surface area contributed by atoms with E-state index in [0.717, 1.165) is 16.3 Å². The fourth-order valence-corrected chi connectivity index (χ4v) is 2.76. The number of aromatic nitrogens is 5. The first kappa shape index (κ1) is 18.9. The standard InChI is InChI=1S/C17H19F3N6O/c1-10-5-21-15-13(7-23-26(15)9-10)16(27)22-6-11(2)8-25-14(17(18,19)20)4-12(3)24-25/h4-5,7,9,11H,6,8H2,1-3H3,(H,22,27)/t11-/m1/s1. The smallest absolute Gasteiger partial charge is 0.352 e. The summed E-state index contributed by atoms with van der Waals surface area (Å²) in [4.78, 5) is 16.6. The van der Waals surface area contributed by atoms with Crippen LogP contribution in [0, 0.1) is 19.8 Å². The van der Waals surface area contributed by atoms with E-state index in [0.29, 0.717) is 16.9 Å². The van der Waals surface area contributed by atoms with Crippen LogP contribution in [0.5, 0.6) is 0 Å². The van der Waals surface area contributed by atoms with E-state index in [-0.39, 0.29) is 24.9 Å². The van der Waals surface area contributed by atoms with Crippen LogP contribution in [-0.4, -0.2) is 36.8 Å². The topological polar surface area (TPSA) is 77.1 Å². The van der Waals surface area contributed by atoms with Crippen LogP contribution < -0.4 is 5.32 Å². The van der Waals surface area contributed by atoms with Gasteiger partial charge in [-0.1, -0.05) is 6.92 Å². The Kier molecular flexibility index (Phi) is 4.90. The summed E-state index contributed by atoms with van der Waals surface area (Å²) in [6, 6.07) is 1.01. The first-order valence-corrected chi connectivity index (χ1v) is 8.35. The number of carbonyl (C=O) groups is 1. The molecule has 144 valence electrons. The van der Waals surface area contributed by atoms with Crippen molar-refractivity contribution in [2.45, 2.75) is 33.5 Å². The minimum atomic E-state index is -4.47. The maximum absolute atomic E-state index is 13.0. The predicted molar refractivity (Wildman–Crippen MR) is 91.2 cm³/mol. The van der Waals surface area contributed by atoms with Crippen LogP contribution in [0.1, 0.15) is 34.2 Å². The molecule has 0 aliphatic carbocycles. The minimum Gasteiger partial charge on any atom is -0.352 e. The van der Waals surface area contributed by atoms with E-state index in [9.17, 15) is 18.0 Å². The Bertz CT molecular complexity index is 975. The molecule has 0 unspecified atom stereocenters. The van der Waals surface area contributed by atoms with E-state index in [1.165, 1.54) is 17.6 Å². The van der Waals surface area contributed by atoms with Crippen molar-refractivity contribution in [3.05, 3.63) is 47.2 Å². The second kappa shape index (κ2) is 7.01. The molecule has 27 heavy (non-hydrogen) atoms. The molecule has 1 amide bonds. The number of rotatable bonds is 5. The lowest BCUT2D eigenvalue weighted by Crippen LogP contribution is -2.31. The molecule has 0 radical (unpaired) electrons. The monoisotopic (exact) mass is 380 g/mol. The quantitative estimate of drug-likeness (QED) is 0.738. The number of hydrogen-bond donors (Lipinski definition) is 1. The van der Waals surface area contributed by atoms with E-state index in [1.54, 1.807) is 19.3 Å². The Balaban J connectivity index is 1.65. The maximum atomic E-state index is 13.0. The van der Waals surface area contributed by atoms with E-state index < -0.39 is 11.9 Å². The molecule has 3 aromatic rings. The van der Waals surface area contributed by atoms with Crippen molar-refractivity contribution in [2.24, 2.45) is 5.92 Å². The third-order valence-electron chi connectivity index (χ3n) is 4.02. The van der Waals surface area contributed by atoms with Gasteiger partial charge in [0.15, 0.2) is 5.65 Å². The van der Waals surface area contributed by atoms with Gasteiger partial charge in [0.05, 0.1) is 11.9 Å². The van der Waals surface area contributed by atoms with Crippen LogP contribution >= 0.6 is 0 Å². The molecule has 10 heteroatoms. The molecular formula is C17H19F3N6O. The summed E-state index contributed by atoms with van der Waals surface area (Å²) >= 11 is 0. The number of carbonyl (C=O) groups excluding carboxylic acids is 1. The minimum absolute atomic E-state index is 0.0369. The summed E-state index contributed by atoms with van der Waals surface area (Å²) in [6.07, 6.45) is 0.334. The average Bonchev–Trinajstić information content (AvgIpc) is 3.15. The summed E-state index contributed by atoms with van der Waals surface area (Å²) in [6.45, 7) is 5.35. The fourth-order valence-electron chi connectivity index (χ4n) is 2.76. The van der Waals surface area contributed by atoms with Crippen molar-refractivity contribution in [2.75, 3.05) is 6.54 Å². The molecule has 1 atom stereocenters. The SMILES string of the molecule is Cc1cnc2c(C(=O)NC[C@@H](C)Cn3nc(C)cc3C(F)(F)F)cnn2c1. The van der Waals surface area contributed by atoms with Crippen LogP contribution in [0.4, 0.5) is 13.2 Å². The zero-order valence-corrected chi connectivity index (χ0v) is 15.1. The summed E-state index contributed by atoms with van der Waals surface area (Å²) in [5.74, 6) is -0.632. The molecule has 0 spiro atoms. The number of alkyl halides is 3. The fraction of sp³-hybridized carbons (Fsp3) is 0.412. The maximum Gasteiger partial charge on any atom is 0.433 e. The molecule has 3 heterocycles. The lowest BCUT2D eigenvalue weighted by Gasteiger charge is -2.15. The van der Waals surface area contributed by atoms with Gasteiger partial charge in [-0.05, 0) is 31.4 Å². The van der Waals surface area contributed by atoms with Crippen molar-refractivity contribution < 1.29 is 18.0 Å². The van der Waals surface area contributed by atoms with Crippen LogP contribution in [0.2, 0.25) is 0 Å². The van der Waals surface area contributed by atoms with Gasteiger partial charge in [0.1, 0.15) is 11.3 Å². The number of nitrogens with zero attached hydrogens (tertiary/aromatic N) is 5. The van der Waals surface area contributed by atoms with E-state index in [1.807, 2.05) is 6.92 Å². The first-order valence-electron chi connectivity index (χ1n) is 8.35. The Hall–Kier alpha value is -2.91. The van der Waals surface area contributed by atoms with Gasteiger partial charge in [-0.3, -0.25) is 9.48 Å². The van der Waals surface area contributed by atoms with Crippen LogP contribution in [0.15, 0.2) is 24.7 Å². The Labute approximate surface area is 153 Å². The van der Waals surface area contributed by atoms with Gasteiger partial charge in [-0.25, -0.2) is 9.50 Å². The predicted octanol–water partition coefficient (Wildman–Crippen LogP) is 2.63. The third kappa shape index (κ3) is 4.09. The lowest BCUT2D eigenvalue weighted by molar-refractivity contribution is -0.144. The molecule has 1 N–H and O–H groups in total. The highest BCUT2D eigenvalue weighted by atomic mass is 19.4. The van der Waals surface area contributed by atoms with Crippen molar-refractivity contribution >= 4 is 11.6 Å². The van der Waals surface area contributed by atoms with Crippen molar-refractivity contribution in [3.63, 3.8) is 0 Å². The zero-order valence-electron chi connectivity index (χ0n) is 15.1. The van der Waals surface area contributed by atoms with Crippen LogP contribution in [0.3, 0.4) is 0 Å². The highest BCUT2D eigenvalue weighted by molar-refractivity contribution is 5.99. The van der Waals surface area contributed by atoms with Gasteiger partial charge < -0.3 is 5.32 Å². The van der Waals surface area contributed by atoms with Crippen molar-refractivity contribution in [3.8, 4) is 0 Å². The van der Waals surface area contributed by atoms with Crippen LogP contribution in [-0.2, 0) is 12.7 Å². The molecule has 0 saturated carbocycles. The van der Waals surface area contributed by atoms with Gasteiger partial charge >= 0.3 is 6.18 Å². The van der Waals surface area contributed by atoms with Gasteiger partial charge in [0.2, 0.25) is 0 Å². The largest absolute Gasteiger partial charge is 0.433 e. The average molecular weight is 380 g/mol. The molecule has 3 aromatic heterocycles. The van der Waals surface area contributed by atoms with Crippen LogP contribution in [0.25, 0.3) is 5.65 Å². The highest BCUT2D eigenvalue weighted by Gasteiger charge is 2.35. The molecule has 0 saturated heterocycles. The number of aryl methyl sites for hydroxylation is 2. The number of hydrogen-bond acceptors (Lipinski definition) is 4. The van der Waals surface area contributed by atoms with Gasteiger partial charge in [-0.15, -0.1) is 0 Å². The van der Waals surface area contributed by atoms with Gasteiger partial charge in [0.25, 0.3) is 5.91 Å². The van der Waals surface area contributed by atoms with E-state index in [2.05, 4.69) is 20.5 Å². The Morgan fingerprint density at radius 1 is 1.30 bits per heavy atom. The molecule has 0 aromatic carbocycles. The highest BCUT2D eigenvalue weighted by Crippen LogP contribution is 2.30. The number of nitrogens with one attached hydrogen (secondary N) is 1. The van der Waals surface area contributed by atoms with E-state index in [4.69, 9.17) is 0 Å². The number of fused-ring (bicyclic) bond motifs is 1. The number of halogens is 3. The summed E-state index contributed by atoms with van der Waals surface area (Å²) in [5.41, 5.74) is 1.15. The van der Waals surface area contributed by atoms with Gasteiger partial charge in [0, 0.05) is 25.5 Å². The molecule has 3 rings (SSSR count). The summed E-state index contributed by atoms with van der Waals surface area (Å²) < 4.78 is 41.6. The third-order valence-corrected chi connectivity index (χ3v) is 4.02. The molecule has 0 aliphatic heterocycles. The number of amides is 1. The van der Waals surface area contributed by atoms with Crippen molar-refractivity contribution in [1.82, 2.24) is 29.7 Å². The lowest BCUT2D eigenvalue weighted by atomic mass is 10.1. The zero-order chi connectivity index (χ0) is 19.8. The molecule has 0 fully saturated rings. The second-order valence-corrected chi connectivity index (χ2v) is 6.62. The van der Waals surface area contributed by atoms with E-state index >= 15 is 0 Å². The first-order chi connectivity index (χ1) is 12.6. The van der Waals surface area contributed by atoms with Gasteiger partial charge in [-0.2, -0.15) is 23.4 Å². The van der Waals surface area contributed by atoms with Crippen molar-refractivity contribution in [1.29, 1.82) is 0 Å². The molecule has 7 nitrogen and oxygen atoms in total. The summed E-state index contributed by atoms with van der Waals surface area (Å²) in [5, 5.41) is 10.7. The Morgan fingerprint density at radius 2 is 2.04 bits per heavy atom. The summed E-state index contributed by atoms with van der Waals surface area (Å²) in [7, 11) is 0.